The molecule has 0 atom stereocenters. The fourth-order valence-corrected chi connectivity index (χ4v) is 2.92. The van der Waals surface area contributed by atoms with Gasteiger partial charge in [-0.05, 0) is 25.0 Å². The van der Waals surface area contributed by atoms with Crippen LogP contribution in [0.15, 0.2) is 35.5 Å². The van der Waals surface area contributed by atoms with Gasteiger partial charge in [-0.15, -0.1) is 0 Å². The van der Waals surface area contributed by atoms with Gasteiger partial charge in [0.15, 0.2) is 5.03 Å². The number of imidazole rings is 1. The first-order valence-electron chi connectivity index (χ1n) is 5.93. The summed E-state index contributed by atoms with van der Waals surface area (Å²) in [6.45, 7) is 4.03. The van der Waals surface area contributed by atoms with E-state index in [1.165, 1.54) is 10.5 Å². The van der Waals surface area contributed by atoms with Crippen LogP contribution in [0.4, 0.5) is 0 Å². The molecule has 102 valence electrons. The molecule has 1 aromatic heterocycles. The summed E-state index contributed by atoms with van der Waals surface area (Å²) in [4.78, 5) is 6.69. The Kier molecular flexibility index (Phi) is 3.73. The molecular weight excluding hydrogens is 262 g/mol. The first-order chi connectivity index (χ1) is 8.91. The van der Waals surface area contributed by atoms with Crippen LogP contribution in [0.3, 0.4) is 0 Å². The van der Waals surface area contributed by atoms with Crippen molar-refractivity contribution in [2.24, 2.45) is 0 Å². The third-order valence-corrected chi connectivity index (χ3v) is 4.74. The van der Waals surface area contributed by atoms with Crippen molar-refractivity contribution in [3.8, 4) is 0 Å². The van der Waals surface area contributed by atoms with Gasteiger partial charge in [-0.25, -0.2) is 13.4 Å². The highest BCUT2D eigenvalue weighted by atomic mass is 32.2. The van der Waals surface area contributed by atoms with Crippen LogP contribution in [0.5, 0.6) is 0 Å². The molecule has 0 unspecified atom stereocenters. The van der Waals surface area contributed by atoms with Crippen molar-refractivity contribution >= 4 is 10.0 Å². The smallest absolute Gasteiger partial charge is 0.260 e. The van der Waals surface area contributed by atoms with Crippen LogP contribution in [0.25, 0.3) is 0 Å². The molecule has 0 aliphatic rings. The normalized spacial score (nSPS) is 12.0. The number of aromatic amines is 1. The summed E-state index contributed by atoms with van der Waals surface area (Å²) in [5, 5.41) is 0.126. The second-order valence-corrected chi connectivity index (χ2v) is 6.53. The van der Waals surface area contributed by atoms with Gasteiger partial charge in [0.25, 0.3) is 10.0 Å². The third-order valence-electron chi connectivity index (χ3n) is 3.02. The summed E-state index contributed by atoms with van der Waals surface area (Å²) in [5.41, 5.74) is 2.06. The molecule has 1 heterocycles. The number of hydrogen-bond donors (Lipinski definition) is 1. The van der Waals surface area contributed by atoms with Gasteiger partial charge in [0.2, 0.25) is 0 Å². The van der Waals surface area contributed by atoms with Crippen LogP contribution in [0.1, 0.15) is 17.0 Å². The van der Waals surface area contributed by atoms with Gasteiger partial charge in [0, 0.05) is 13.6 Å². The standard InChI is InChI=1S/C13H17N3O2S/c1-10-6-4-5-7-12(10)9-16(3)19(17,18)13-8-14-11(2)15-13/h4-8H,9H2,1-3H3,(H,14,15). The largest absolute Gasteiger partial charge is 0.332 e. The Balaban J connectivity index is 2.25. The Hall–Kier alpha value is -1.66. The Labute approximate surface area is 113 Å². The maximum absolute atomic E-state index is 12.3. The second kappa shape index (κ2) is 5.14. The Morgan fingerprint density at radius 1 is 1.26 bits per heavy atom. The Morgan fingerprint density at radius 3 is 2.53 bits per heavy atom. The maximum atomic E-state index is 12.3. The molecule has 0 spiro atoms. The molecule has 6 heteroatoms. The van der Waals surface area contributed by atoms with Gasteiger partial charge in [-0.3, -0.25) is 0 Å². The lowest BCUT2D eigenvalue weighted by atomic mass is 10.1. The molecule has 0 amide bonds. The average Bonchev–Trinajstić information content (AvgIpc) is 2.79. The van der Waals surface area contributed by atoms with Crippen molar-refractivity contribution in [3.05, 3.63) is 47.4 Å². The fourth-order valence-electron chi connectivity index (χ4n) is 1.81. The molecule has 1 aromatic carbocycles. The molecule has 1 N–H and O–H groups in total. The summed E-state index contributed by atoms with van der Waals surface area (Å²) >= 11 is 0. The van der Waals surface area contributed by atoms with E-state index in [4.69, 9.17) is 0 Å². The van der Waals surface area contributed by atoms with Crippen LogP contribution in [0.2, 0.25) is 0 Å². The lowest BCUT2D eigenvalue weighted by molar-refractivity contribution is 0.463. The number of H-pyrrole nitrogens is 1. The molecule has 2 rings (SSSR count). The third kappa shape index (κ3) is 2.85. The Morgan fingerprint density at radius 2 is 1.95 bits per heavy atom. The first-order valence-corrected chi connectivity index (χ1v) is 7.37. The van der Waals surface area contributed by atoms with E-state index < -0.39 is 10.0 Å². The van der Waals surface area contributed by atoms with Crippen molar-refractivity contribution in [1.29, 1.82) is 0 Å². The molecule has 0 saturated heterocycles. The SMILES string of the molecule is Cc1ncc(S(=O)(=O)N(C)Cc2ccccc2C)[nH]1. The van der Waals surface area contributed by atoms with Gasteiger partial charge < -0.3 is 4.98 Å². The molecule has 0 bridgehead atoms. The van der Waals surface area contributed by atoms with Crippen molar-refractivity contribution in [1.82, 2.24) is 14.3 Å². The number of nitrogens with zero attached hydrogens (tertiary/aromatic N) is 2. The highest BCUT2D eigenvalue weighted by molar-refractivity contribution is 7.89. The molecule has 2 aromatic rings. The average molecular weight is 279 g/mol. The minimum atomic E-state index is -3.52. The van der Waals surface area contributed by atoms with E-state index in [1.54, 1.807) is 14.0 Å². The molecule has 0 aliphatic carbocycles. The lowest BCUT2D eigenvalue weighted by Gasteiger charge is -2.17. The quantitative estimate of drug-likeness (QED) is 0.928. The topological polar surface area (TPSA) is 66.1 Å². The summed E-state index contributed by atoms with van der Waals surface area (Å²) in [6.07, 6.45) is 1.35. The number of sulfonamides is 1. The van der Waals surface area contributed by atoms with Gasteiger partial charge in [0.05, 0.1) is 6.20 Å². The zero-order chi connectivity index (χ0) is 14.0. The molecule has 0 saturated carbocycles. The highest BCUT2D eigenvalue weighted by Gasteiger charge is 2.23. The zero-order valence-electron chi connectivity index (χ0n) is 11.2. The van der Waals surface area contributed by atoms with E-state index in [-0.39, 0.29) is 5.03 Å². The monoisotopic (exact) mass is 279 g/mol. The molecule has 0 fully saturated rings. The van der Waals surface area contributed by atoms with Crippen molar-refractivity contribution < 1.29 is 8.42 Å². The number of aromatic nitrogens is 2. The number of rotatable bonds is 4. The van der Waals surface area contributed by atoms with Crippen molar-refractivity contribution in [2.45, 2.75) is 25.4 Å². The minimum absolute atomic E-state index is 0.126. The van der Waals surface area contributed by atoms with E-state index in [9.17, 15) is 8.42 Å². The predicted molar refractivity (Wildman–Crippen MR) is 73.2 cm³/mol. The van der Waals surface area contributed by atoms with Crippen LogP contribution in [-0.2, 0) is 16.6 Å². The van der Waals surface area contributed by atoms with E-state index in [0.29, 0.717) is 12.4 Å². The summed E-state index contributed by atoms with van der Waals surface area (Å²) in [5.74, 6) is 0.586. The Bertz CT molecular complexity index is 677. The molecular formula is C13H17N3O2S. The van der Waals surface area contributed by atoms with Gasteiger partial charge in [-0.1, -0.05) is 24.3 Å². The number of benzene rings is 1. The second-order valence-electron chi connectivity index (χ2n) is 4.52. The van der Waals surface area contributed by atoms with E-state index in [2.05, 4.69) is 9.97 Å². The van der Waals surface area contributed by atoms with Gasteiger partial charge in [0.1, 0.15) is 5.82 Å². The predicted octanol–water partition coefficient (Wildman–Crippen LogP) is 1.85. The minimum Gasteiger partial charge on any atom is -0.332 e. The first kappa shape index (κ1) is 13.8. The molecule has 0 aliphatic heterocycles. The number of hydrogen-bond acceptors (Lipinski definition) is 3. The molecule has 0 radical (unpaired) electrons. The van der Waals surface area contributed by atoms with Crippen molar-refractivity contribution in [2.75, 3.05) is 7.05 Å². The number of aryl methyl sites for hydroxylation is 2. The summed E-state index contributed by atoms with van der Waals surface area (Å²) in [7, 11) is -1.95. The lowest BCUT2D eigenvalue weighted by Crippen LogP contribution is -2.27. The van der Waals surface area contributed by atoms with E-state index in [1.807, 2.05) is 31.2 Å². The van der Waals surface area contributed by atoms with E-state index in [0.717, 1.165) is 11.1 Å². The maximum Gasteiger partial charge on any atom is 0.260 e. The van der Waals surface area contributed by atoms with E-state index >= 15 is 0 Å². The van der Waals surface area contributed by atoms with Gasteiger partial charge in [-0.2, -0.15) is 4.31 Å². The molecule has 5 nitrogen and oxygen atoms in total. The number of nitrogens with one attached hydrogen (secondary N) is 1. The van der Waals surface area contributed by atoms with Crippen LogP contribution < -0.4 is 0 Å². The van der Waals surface area contributed by atoms with Crippen molar-refractivity contribution in [3.63, 3.8) is 0 Å². The molecule has 19 heavy (non-hydrogen) atoms. The highest BCUT2D eigenvalue weighted by Crippen LogP contribution is 2.16. The fraction of sp³-hybridized carbons (Fsp3) is 0.308. The zero-order valence-corrected chi connectivity index (χ0v) is 12.0. The van der Waals surface area contributed by atoms with Crippen LogP contribution in [-0.4, -0.2) is 29.7 Å². The van der Waals surface area contributed by atoms with Crippen LogP contribution >= 0.6 is 0 Å². The summed E-state index contributed by atoms with van der Waals surface area (Å²) < 4.78 is 26.0. The summed E-state index contributed by atoms with van der Waals surface area (Å²) in [6, 6.07) is 7.74. The van der Waals surface area contributed by atoms with Gasteiger partial charge >= 0.3 is 0 Å². The van der Waals surface area contributed by atoms with Crippen LogP contribution in [0, 0.1) is 13.8 Å².